The van der Waals surface area contributed by atoms with Crippen molar-refractivity contribution in [1.29, 1.82) is 0 Å². The summed E-state index contributed by atoms with van der Waals surface area (Å²) in [4.78, 5) is 12.1. The van der Waals surface area contributed by atoms with Crippen LogP contribution < -0.4 is 10.1 Å². The standard InChI is InChI=1S/C21H27NO2/c1-6-16-8-10-17(11-9-16)22-20(23)14-24-19-12-7-15(2)13-18(19)21(3,4)5/h7-13H,6,14H2,1-5H3,(H,22,23). The van der Waals surface area contributed by atoms with Crippen LogP contribution in [0.5, 0.6) is 5.75 Å². The highest BCUT2D eigenvalue weighted by atomic mass is 16.5. The van der Waals surface area contributed by atoms with Crippen molar-refractivity contribution in [3.8, 4) is 5.75 Å². The summed E-state index contributed by atoms with van der Waals surface area (Å²) >= 11 is 0. The quantitative estimate of drug-likeness (QED) is 0.851. The molecule has 24 heavy (non-hydrogen) atoms. The molecule has 0 saturated heterocycles. The van der Waals surface area contributed by atoms with Crippen LogP contribution in [-0.2, 0) is 16.6 Å². The molecular formula is C21H27NO2. The molecule has 3 heteroatoms. The van der Waals surface area contributed by atoms with Gasteiger partial charge in [0.15, 0.2) is 6.61 Å². The largest absolute Gasteiger partial charge is 0.483 e. The number of benzene rings is 2. The summed E-state index contributed by atoms with van der Waals surface area (Å²) in [6.45, 7) is 10.6. The normalized spacial score (nSPS) is 11.2. The summed E-state index contributed by atoms with van der Waals surface area (Å²) in [6.07, 6.45) is 0.986. The lowest BCUT2D eigenvalue weighted by molar-refractivity contribution is -0.118. The molecule has 2 aromatic rings. The third-order valence-corrected chi connectivity index (χ3v) is 3.95. The number of carbonyl (C=O) groups excluding carboxylic acids is 1. The van der Waals surface area contributed by atoms with Crippen LogP contribution in [-0.4, -0.2) is 12.5 Å². The lowest BCUT2D eigenvalue weighted by atomic mass is 9.85. The van der Waals surface area contributed by atoms with Crippen molar-refractivity contribution < 1.29 is 9.53 Å². The van der Waals surface area contributed by atoms with E-state index < -0.39 is 0 Å². The Balaban J connectivity index is 2.01. The van der Waals surface area contributed by atoms with Gasteiger partial charge in [0.05, 0.1) is 0 Å². The first kappa shape index (κ1) is 18.1. The van der Waals surface area contributed by atoms with E-state index >= 15 is 0 Å². The number of carbonyl (C=O) groups is 1. The van der Waals surface area contributed by atoms with Gasteiger partial charge in [-0.15, -0.1) is 0 Å². The summed E-state index contributed by atoms with van der Waals surface area (Å²) in [5.74, 6) is 0.615. The summed E-state index contributed by atoms with van der Waals surface area (Å²) in [7, 11) is 0. The summed E-state index contributed by atoms with van der Waals surface area (Å²) < 4.78 is 5.79. The maximum absolute atomic E-state index is 12.1. The van der Waals surface area contributed by atoms with Crippen molar-refractivity contribution >= 4 is 11.6 Å². The Morgan fingerprint density at radius 3 is 2.33 bits per heavy atom. The Hall–Kier alpha value is -2.29. The Morgan fingerprint density at radius 1 is 1.08 bits per heavy atom. The molecule has 2 aromatic carbocycles. The first-order valence-corrected chi connectivity index (χ1v) is 8.42. The highest BCUT2D eigenvalue weighted by Gasteiger charge is 2.19. The van der Waals surface area contributed by atoms with E-state index in [0.29, 0.717) is 0 Å². The molecule has 0 aromatic heterocycles. The van der Waals surface area contributed by atoms with Crippen LogP contribution in [0.1, 0.15) is 44.4 Å². The second-order valence-corrected chi connectivity index (χ2v) is 7.14. The van der Waals surface area contributed by atoms with Crippen LogP contribution in [0.25, 0.3) is 0 Å². The fraction of sp³-hybridized carbons (Fsp3) is 0.381. The van der Waals surface area contributed by atoms with E-state index in [0.717, 1.165) is 23.4 Å². The number of aryl methyl sites for hydroxylation is 2. The van der Waals surface area contributed by atoms with Gasteiger partial charge in [-0.2, -0.15) is 0 Å². The lowest BCUT2D eigenvalue weighted by Gasteiger charge is -2.23. The number of ether oxygens (including phenoxy) is 1. The summed E-state index contributed by atoms with van der Waals surface area (Å²) in [5, 5.41) is 2.87. The molecule has 0 fully saturated rings. The van der Waals surface area contributed by atoms with Crippen LogP contribution in [0.15, 0.2) is 42.5 Å². The van der Waals surface area contributed by atoms with Crippen molar-refractivity contribution in [2.75, 3.05) is 11.9 Å². The van der Waals surface area contributed by atoms with E-state index in [1.165, 1.54) is 11.1 Å². The molecule has 0 unspecified atom stereocenters. The predicted octanol–water partition coefficient (Wildman–Crippen LogP) is 4.87. The predicted molar refractivity (Wildman–Crippen MR) is 99.8 cm³/mol. The monoisotopic (exact) mass is 325 g/mol. The van der Waals surface area contributed by atoms with Gasteiger partial charge >= 0.3 is 0 Å². The second kappa shape index (κ2) is 7.52. The molecule has 0 aliphatic heterocycles. The second-order valence-electron chi connectivity index (χ2n) is 7.14. The van der Waals surface area contributed by atoms with Crippen LogP contribution in [0.2, 0.25) is 0 Å². The zero-order valence-corrected chi connectivity index (χ0v) is 15.3. The van der Waals surface area contributed by atoms with Crippen LogP contribution in [0, 0.1) is 6.92 Å². The molecule has 0 spiro atoms. The molecule has 2 rings (SSSR count). The minimum Gasteiger partial charge on any atom is -0.483 e. The minimum atomic E-state index is -0.153. The van der Waals surface area contributed by atoms with Gasteiger partial charge in [0, 0.05) is 5.69 Å². The van der Waals surface area contributed by atoms with Gasteiger partial charge in [-0.25, -0.2) is 0 Å². The van der Waals surface area contributed by atoms with Gasteiger partial charge in [0.2, 0.25) is 0 Å². The molecule has 0 saturated carbocycles. The van der Waals surface area contributed by atoms with E-state index in [4.69, 9.17) is 4.74 Å². The van der Waals surface area contributed by atoms with Gasteiger partial charge in [-0.05, 0) is 48.1 Å². The average molecular weight is 325 g/mol. The van der Waals surface area contributed by atoms with Gasteiger partial charge in [0.25, 0.3) is 5.91 Å². The highest BCUT2D eigenvalue weighted by Crippen LogP contribution is 2.32. The van der Waals surface area contributed by atoms with Crippen molar-refractivity contribution in [3.63, 3.8) is 0 Å². The maximum Gasteiger partial charge on any atom is 0.262 e. The summed E-state index contributed by atoms with van der Waals surface area (Å²) in [6, 6.07) is 14.0. The lowest BCUT2D eigenvalue weighted by Crippen LogP contribution is -2.22. The van der Waals surface area contributed by atoms with E-state index in [1.807, 2.05) is 36.4 Å². The van der Waals surface area contributed by atoms with Gasteiger partial charge in [0.1, 0.15) is 5.75 Å². The molecule has 1 amide bonds. The number of hydrogen-bond acceptors (Lipinski definition) is 2. The van der Waals surface area contributed by atoms with E-state index in [2.05, 4.69) is 46.0 Å². The fourth-order valence-electron chi connectivity index (χ4n) is 2.52. The van der Waals surface area contributed by atoms with Crippen molar-refractivity contribution in [2.45, 2.75) is 46.5 Å². The van der Waals surface area contributed by atoms with E-state index in [1.54, 1.807) is 0 Å². The van der Waals surface area contributed by atoms with Gasteiger partial charge < -0.3 is 10.1 Å². The molecule has 0 bridgehead atoms. The fourth-order valence-corrected chi connectivity index (χ4v) is 2.52. The molecule has 0 atom stereocenters. The number of anilines is 1. The average Bonchev–Trinajstić information content (AvgIpc) is 2.53. The molecule has 0 aliphatic carbocycles. The van der Waals surface area contributed by atoms with Crippen molar-refractivity contribution in [2.24, 2.45) is 0 Å². The summed E-state index contributed by atoms with van der Waals surface area (Å²) in [5.41, 5.74) is 4.31. The Morgan fingerprint density at radius 2 is 1.75 bits per heavy atom. The third-order valence-electron chi connectivity index (χ3n) is 3.95. The maximum atomic E-state index is 12.1. The van der Waals surface area contributed by atoms with E-state index in [9.17, 15) is 4.79 Å². The molecule has 0 aliphatic rings. The van der Waals surface area contributed by atoms with Gasteiger partial charge in [-0.1, -0.05) is 57.5 Å². The number of hydrogen-bond donors (Lipinski definition) is 1. The van der Waals surface area contributed by atoms with Crippen molar-refractivity contribution in [1.82, 2.24) is 0 Å². The highest BCUT2D eigenvalue weighted by molar-refractivity contribution is 5.91. The topological polar surface area (TPSA) is 38.3 Å². The third kappa shape index (κ3) is 4.85. The first-order chi connectivity index (χ1) is 11.3. The first-order valence-electron chi connectivity index (χ1n) is 8.42. The Bertz CT molecular complexity index is 697. The zero-order valence-electron chi connectivity index (χ0n) is 15.3. The van der Waals surface area contributed by atoms with Crippen molar-refractivity contribution in [3.05, 3.63) is 59.2 Å². The van der Waals surface area contributed by atoms with Gasteiger partial charge in [-0.3, -0.25) is 4.79 Å². The zero-order chi connectivity index (χ0) is 17.7. The molecule has 3 nitrogen and oxygen atoms in total. The number of rotatable bonds is 5. The minimum absolute atomic E-state index is 0.00166. The Kier molecular flexibility index (Phi) is 5.66. The molecule has 0 heterocycles. The smallest absolute Gasteiger partial charge is 0.262 e. The van der Waals surface area contributed by atoms with Crippen LogP contribution >= 0.6 is 0 Å². The van der Waals surface area contributed by atoms with E-state index in [-0.39, 0.29) is 17.9 Å². The number of nitrogens with one attached hydrogen (secondary N) is 1. The molecule has 0 radical (unpaired) electrons. The molecular weight excluding hydrogens is 298 g/mol. The number of amides is 1. The SMILES string of the molecule is CCc1ccc(NC(=O)COc2ccc(C)cc2C(C)(C)C)cc1. The van der Waals surface area contributed by atoms with Crippen LogP contribution in [0.3, 0.4) is 0 Å². The molecule has 1 N–H and O–H groups in total. The molecule has 128 valence electrons. The van der Waals surface area contributed by atoms with Crippen LogP contribution in [0.4, 0.5) is 5.69 Å². The Labute approximate surface area is 145 Å².